The van der Waals surface area contributed by atoms with Gasteiger partial charge in [0.2, 0.25) is 0 Å². The first-order valence-electron chi connectivity index (χ1n) is 8.48. The summed E-state index contributed by atoms with van der Waals surface area (Å²) in [6, 6.07) is 15.8. The van der Waals surface area contributed by atoms with E-state index in [9.17, 15) is 0 Å². The number of benzene rings is 3. The zero-order valence-electron chi connectivity index (χ0n) is 15.1. The summed E-state index contributed by atoms with van der Waals surface area (Å²) in [7, 11) is 1.70. The minimum absolute atomic E-state index is 0.664. The summed E-state index contributed by atoms with van der Waals surface area (Å²) in [5, 5.41) is 7.65. The molecule has 1 aliphatic carbocycles. The summed E-state index contributed by atoms with van der Waals surface area (Å²) in [6.45, 7) is 4.12. The van der Waals surface area contributed by atoms with Gasteiger partial charge in [0, 0.05) is 34.3 Å². The van der Waals surface area contributed by atoms with Gasteiger partial charge in [-0.25, -0.2) is 0 Å². The van der Waals surface area contributed by atoms with Crippen molar-refractivity contribution in [1.82, 2.24) is 0 Å². The Morgan fingerprint density at radius 1 is 0.962 bits per heavy atom. The molecule has 0 aromatic heterocycles. The maximum Gasteiger partial charge on any atom is 0.200 e. The molecule has 1 aliphatic heterocycles. The van der Waals surface area contributed by atoms with Gasteiger partial charge in [-0.05, 0) is 60.9 Å². The highest BCUT2D eigenvalue weighted by atomic mass is 16.5. The van der Waals surface area contributed by atoms with Crippen molar-refractivity contribution in [2.75, 3.05) is 12.8 Å². The van der Waals surface area contributed by atoms with E-state index in [-0.39, 0.29) is 0 Å². The van der Waals surface area contributed by atoms with Gasteiger partial charge in [-0.15, -0.1) is 0 Å². The van der Waals surface area contributed by atoms with Gasteiger partial charge in [0.15, 0.2) is 5.36 Å². The van der Waals surface area contributed by atoms with Crippen LogP contribution in [0.5, 0.6) is 5.75 Å². The van der Waals surface area contributed by atoms with Crippen LogP contribution in [0.2, 0.25) is 0 Å². The van der Waals surface area contributed by atoms with E-state index in [0.717, 1.165) is 50.3 Å². The fourth-order valence-electron chi connectivity index (χ4n) is 3.65. The number of hydrogen-bond donors (Lipinski definition) is 2. The number of hydrogen-bond acceptors (Lipinski definition) is 3. The van der Waals surface area contributed by atoms with Crippen molar-refractivity contribution < 1.29 is 14.6 Å². The lowest BCUT2D eigenvalue weighted by Gasteiger charge is -2.17. The van der Waals surface area contributed by atoms with Crippen LogP contribution in [0.3, 0.4) is 0 Å². The van der Waals surface area contributed by atoms with E-state index in [2.05, 4.69) is 26.0 Å². The van der Waals surface area contributed by atoms with Gasteiger partial charge in [-0.1, -0.05) is 0 Å². The molecule has 4 nitrogen and oxygen atoms in total. The number of methoxy groups -OCH3 is 1. The van der Waals surface area contributed by atoms with Crippen LogP contribution >= 0.6 is 0 Å². The van der Waals surface area contributed by atoms with Gasteiger partial charge in [0.1, 0.15) is 17.1 Å². The highest BCUT2D eigenvalue weighted by Crippen LogP contribution is 2.41. The lowest BCUT2D eigenvalue weighted by molar-refractivity contribution is -0.172. The number of aryl methyl sites for hydroxylation is 2. The molecule has 0 bridgehead atoms. The van der Waals surface area contributed by atoms with Crippen molar-refractivity contribution in [3.8, 4) is 28.2 Å². The summed E-state index contributed by atoms with van der Waals surface area (Å²) >= 11 is 0. The van der Waals surface area contributed by atoms with Gasteiger partial charge in [-0.3, -0.25) is 5.41 Å². The van der Waals surface area contributed by atoms with Crippen molar-refractivity contribution in [3.05, 3.63) is 65.0 Å². The van der Waals surface area contributed by atoms with E-state index in [1.54, 1.807) is 7.11 Å². The average molecular weight is 345 g/mol. The monoisotopic (exact) mass is 345 g/mol. The second-order valence-electron chi connectivity index (χ2n) is 6.63. The molecule has 0 radical (unpaired) electrons. The fourth-order valence-corrected chi connectivity index (χ4v) is 3.65. The maximum absolute atomic E-state index is 6.09. The van der Waals surface area contributed by atoms with Crippen molar-refractivity contribution in [2.24, 2.45) is 0 Å². The predicted octanol–water partition coefficient (Wildman–Crippen LogP) is 3.07. The normalized spacial score (nSPS) is 11.2. The molecule has 0 spiro atoms. The zero-order chi connectivity index (χ0) is 18.4. The number of nitrogen functional groups attached to an aromatic ring is 1. The number of ether oxygens (including phenoxy) is 1. The van der Waals surface area contributed by atoms with Gasteiger partial charge < -0.3 is 14.9 Å². The molecular weight excluding hydrogens is 324 g/mol. The molecule has 0 saturated carbocycles. The molecule has 4 rings (SSSR count). The molecule has 0 saturated heterocycles. The molecule has 0 fully saturated rings. The minimum atomic E-state index is 0.664. The summed E-state index contributed by atoms with van der Waals surface area (Å²) in [6.07, 6.45) is 0. The molecule has 1 heterocycles. The van der Waals surface area contributed by atoms with Crippen molar-refractivity contribution in [3.63, 3.8) is 0 Å². The molecule has 2 aromatic carbocycles. The highest BCUT2D eigenvalue weighted by Gasteiger charge is 2.19. The summed E-state index contributed by atoms with van der Waals surface area (Å²) < 4.78 is 11.6. The summed E-state index contributed by atoms with van der Waals surface area (Å²) in [5.74, 6) is 1.65. The molecule has 4 N–H and O–H groups in total. The first-order valence-corrected chi connectivity index (χ1v) is 8.48. The van der Waals surface area contributed by atoms with Gasteiger partial charge in [0.25, 0.3) is 0 Å². The van der Waals surface area contributed by atoms with Crippen LogP contribution in [-0.4, -0.2) is 7.11 Å². The Balaban J connectivity index is 2.15. The fraction of sp³-hybridized carbons (Fsp3) is 0.136. The van der Waals surface area contributed by atoms with Crippen molar-refractivity contribution in [2.45, 2.75) is 13.8 Å². The van der Waals surface area contributed by atoms with Gasteiger partial charge in [0.05, 0.1) is 13.2 Å². The van der Waals surface area contributed by atoms with Crippen LogP contribution in [-0.2, 0) is 0 Å². The second-order valence-corrected chi connectivity index (χ2v) is 6.63. The Labute approximate surface area is 151 Å². The van der Waals surface area contributed by atoms with Crippen LogP contribution in [0.15, 0.2) is 52.9 Å². The van der Waals surface area contributed by atoms with E-state index < -0.39 is 0 Å². The lowest BCUT2D eigenvalue weighted by atomic mass is 9.91. The van der Waals surface area contributed by atoms with E-state index in [1.807, 2.05) is 36.4 Å². The Morgan fingerprint density at radius 3 is 2.38 bits per heavy atom. The number of nitrogens with two attached hydrogens (primary N) is 2. The van der Waals surface area contributed by atoms with E-state index in [4.69, 9.17) is 20.3 Å². The van der Waals surface area contributed by atoms with Crippen LogP contribution in [0, 0.1) is 13.8 Å². The molecule has 26 heavy (non-hydrogen) atoms. The third-order valence-electron chi connectivity index (χ3n) is 4.72. The summed E-state index contributed by atoms with van der Waals surface area (Å²) in [5.41, 5.74) is 12.8. The Kier molecular flexibility index (Phi) is 3.69. The lowest BCUT2D eigenvalue weighted by Crippen LogP contribution is -2.44. The van der Waals surface area contributed by atoms with Gasteiger partial charge in [-0.2, -0.15) is 0 Å². The average Bonchev–Trinajstić information content (AvgIpc) is 2.59. The van der Waals surface area contributed by atoms with E-state index in [0.29, 0.717) is 11.0 Å². The molecule has 0 amide bonds. The molecule has 2 aliphatic rings. The molecule has 0 atom stereocenters. The smallest absolute Gasteiger partial charge is 0.200 e. The van der Waals surface area contributed by atoms with E-state index in [1.165, 1.54) is 0 Å². The Hall–Kier alpha value is -3.27. The Bertz CT molecular complexity index is 1150. The third-order valence-corrected chi connectivity index (χ3v) is 4.72. The number of fused-ring (bicyclic) bond motifs is 2. The molecule has 130 valence electrons. The SMILES string of the molecule is COc1c(C)cc(-c2c3ccc(=[NH2+])cc-3oc3cc(N)ccc23)cc1C. The van der Waals surface area contributed by atoms with Gasteiger partial charge >= 0.3 is 0 Å². The zero-order valence-corrected chi connectivity index (χ0v) is 15.1. The standard InChI is InChI=1S/C22H20N2O2/c1-12-8-14(9-13(2)22(12)25-3)21-17-6-4-15(23)10-19(17)26-20-11-16(24)5-7-18(20)21/h4-11,23H,24H2,1-3H3/p+1. The second kappa shape index (κ2) is 5.92. The highest BCUT2D eigenvalue weighted by molar-refractivity contribution is 6.02. The van der Waals surface area contributed by atoms with Crippen LogP contribution in [0.4, 0.5) is 5.69 Å². The molecule has 0 unspecified atom stereocenters. The molecule has 4 heteroatoms. The molecule has 2 aromatic rings. The van der Waals surface area contributed by atoms with Crippen LogP contribution < -0.4 is 21.2 Å². The number of anilines is 1. The largest absolute Gasteiger partial charge is 0.496 e. The first kappa shape index (κ1) is 16.2. The quantitative estimate of drug-likeness (QED) is 0.433. The maximum atomic E-state index is 6.09. The van der Waals surface area contributed by atoms with Crippen molar-refractivity contribution in [1.29, 1.82) is 0 Å². The Morgan fingerprint density at radius 2 is 1.69 bits per heavy atom. The topological polar surface area (TPSA) is 74.0 Å². The van der Waals surface area contributed by atoms with Crippen LogP contribution in [0.25, 0.3) is 33.4 Å². The van der Waals surface area contributed by atoms with Crippen molar-refractivity contribution >= 4 is 16.7 Å². The first-order chi connectivity index (χ1) is 12.5. The third kappa shape index (κ3) is 2.51. The van der Waals surface area contributed by atoms with E-state index >= 15 is 0 Å². The van der Waals surface area contributed by atoms with Crippen LogP contribution in [0.1, 0.15) is 11.1 Å². The predicted molar refractivity (Wildman–Crippen MR) is 104 cm³/mol. The number of rotatable bonds is 2. The molecular formula is C22H21N2O2+. The summed E-state index contributed by atoms with van der Waals surface area (Å²) in [4.78, 5) is 0. The minimum Gasteiger partial charge on any atom is -0.496 e.